The first-order chi connectivity index (χ1) is 14.8. The minimum atomic E-state index is 0.427. The third-order valence-corrected chi connectivity index (χ3v) is 6.72. The zero-order chi connectivity index (χ0) is 20.6. The monoisotopic (exact) mass is 404 g/mol. The number of aryl methyl sites for hydroxylation is 1. The van der Waals surface area contributed by atoms with Crippen LogP contribution in [0.25, 0.3) is 0 Å². The van der Waals surface area contributed by atoms with Crippen LogP contribution in [-0.4, -0.2) is 36.9 Å². The second-order valence-corrected chi connectivity index (χ2v) is 9.19. The van der Waals surface area contributed by atoms with Crippen molar-refractivity contribution in [3.63, 3.8) is 0 Å². The smallest absolute Gasteiger partial charge is 0.133 e. The number of hydrogen-bond acceptors (Lipinski definition) is 3. The van der Waals surface area contributed by atoms with Gasteiger partial charge in [0.15, 0.2) is 0 Å². The Morgan fingerprint density at radius 1 is 0.833 bits per heavy atom. The van der Waals surface area contributed by atoms with Gasteiger partial charge in [-0.3, -0.25) is 9.69 Å². The molecule has 3 nitrogen and oxygen atoms in total. The van der Waals surface area contributed by atoms with Gasteiger partial charge in [0.05, 0.1) is 0 Å². The Hall–Kier alpha value is -2.13. The van der Waals surface area contributed by atoms with Gasteiger partial charge in [-0.1, -0.05) is 42.5 Å². The fourth-order valence-corrected chi connectivity index (χ4v) is 5.04. The summed E-state index contributed by atoms with van der Waals surface area (Å²) < 4.78 is 0. The lowest BCUT2D eigenvalue weighted by atomic mass is 9.91. The Morgan fingerprint density at radius 2 is 1.60 bits per heavy atom. The van der Waals surface area contributed by atoms with E-state index in [1.54, 1.807) is 0 Å². The molecule has 3 heteroatoms. The van der Waals surface area contributed by atoms with E-state index in [2.05, 4.69) is 58.3 Å². The van der Waals surface area contributed by atoms with Gasteiger partial charge in [0.25, 0.3) is 0 Å². The first-order valence-electron chi connectivity index (χ1n) is 11.9. The highest BCUT2D eigenvalue weighted by atomic mass is 16.1. The lowest BCUT2D eigenvalue weighted by Gasteiger charge is -2.33. The predicted molar refractivity (Wildman–Crippen MR) is 125 cm³/mol. The van der Waals surface area contributed by atoms with Gasteiger partial charge >= 0.3 is 0 Å². The summed E-state index contributed by atoms with van der Waals surface area (Å²) in [5.74, 6) is 0.950. The van der Waals surface area contributed by atoms with Crippen molar-refractivity contribution in [2.24, 2.45) is 5.92 Å². The molecule has 0 N–H and O–H groups in total. The van der Waals surface area contributed by atoms with Crippen LogP contribution in [0.1, 0.15) is 56.1 Å². The molecule has 0 amide bonds. The van der Waals surface area contributed by atoms with E-state index >= 15 is 0 Å². The molecule has 0 aliphatic carbocycles. The third kappa shape index (κ3) is 6.18. The molecule has 0 bridgehead atoms. The molecule has 2 aromatic rings. The number of ketones is 1. The maximum atomic E-state index is 12.5. The van der Waals surface area contributed by atoms with Crippen LogP contribution < -0.4 is 4.90 Å². The highest BCUT2D eigenvalue weighted by molar-refractivity contribution is 5.78. The lowest BCUT2D eigenvalue weighted by molar-refractivity contribution is -0.120. The van der Waals surface area contributed by atoms with E-state index in [9.17, 15) is 4.79 Å². The highest BCUT2D eigenvalue weighted by Crippen LogP contribution is 2.24. The summed E-state index contributed by atoms with van der Waals surface area (Å²) in [7, 11) is 0. The molecule has 1 atom stereocenters. The summed E-state index contributed by atoms with van der Waals surface area (Å²) in [6.45, 7) is 5.62. The number of rotatable bonds is 8. The summed E-state index contributed by atoms with van der Waals surface area (Å²) >= 11 is 0. The molecular formula is C27H36N2O. The molecular weight excluding hydrogens is 368 g/mol. The number of likely N-dealkylation sites (tertiary alicyclic amines) is 1. The molecule has 0 aromatic heterocycles. The lowest BCUT2D eigenvalue weighted by Crippen LogP contribution is -2.35. The van der Waals surface area contributed by atoms with Crippen molar-refractivity contribution in [2.45, 2.75) is 57.9 Å². The Kier molecular flexibility index (Phi) is 7.58. The Bertz CT molecular complexity index is 780. The minimum Gasteiger partial charge on any atom is -0.372 e. The van der Waals surface area contributed by atoms with Crippen molar-refractivity contribution < 1.29 is 4.79 Å². The van der Waals surface area contributed by atoms with E-state index in [1.165, 1.54) is 62.0 Å². The van der Waals surface area contributed by atoms with Crippen LogP contribution in [0, 0.1) is 5.92 Å². The second kappa shape index (κ2) is 10.8. The van der Waals surface area contributed by atoms with Crippen molar-refractivity contribution >= 4 is 11.5 Å². The Morgan fingerprint density at radius 3 is 2.37 bits per heavy atom. The Labute approximate surface area is 182 Å². The molecule has 2 heterocycles. The van der Waals surface area contributed by atoms with Crippen molar-refractivity contribution in [1.82, 2.24) is 4.90 Å². The van der Waals surface area contributed by atoms with Crippen molar-refractivity contribution in [3.8, 4) is 0 Å². The van der Waals surface area contributed by atoms with Gasteiger partial charge in [-0.15, -0.1) is 0 Å². The maximum absolute atomic E-state index is 12.5. The molecule has 2 aliphatic rings. The van der Waals surface area contributed by atoms with Crippen LogP contribution in [0.15, 0.2) is 54.6 Å². The Balaban J connectivity index is 1.23. The molecule has 2 aliphatic heterocycles. The molecule has 1 unspecified atom stereocenters. The van der Waals surface area contributed by atoms with E-state index in [4.69, 9.17) is 0 Å². The van der Waals surface area contributed by atoms with Crippen LogP contribution in [0.5, 0.6) is 0 Å². The van der Waals surface area contributed by atoms with Gasteiger partial charge in [0, 0.05) is 44.7 Å². The normalized spacial score (nSPS) is 20.3. The van der Waals surface area contributed by atoms with Gasteiger partial charge in [-0.05, 0) is 74.2 Å². The molecule has 0 saturated carbocycles. The second-order valence-electron chi connectivity index (χ2n) is 9.19. The minimum absolute atomic E-state index is 0.427. The number of nitrogens with zero attached hydrogens (tertiary/aromatic N) is 2. The van der Waals surface area contributed by atoms with Gasteiger partial charge in [-0.2, -0.15) is 0 Å². The summed E-state index contributed by atoms with van der Waals surface area (Å²) in [4.78, 5) is 17.6. The number of Topliss-reactive ketones (excluding diaryl/α,β-unsaturated/α-hetero) is 1. The highest BCUT2D eigenvalue weighted by Gasteiger charge is 2.22. The molecule has 30 heavy (non-hydrogen) atoms. The summed E-state index contributed by atoms with van der Waals surface area (Å²) in [6, 6.07) is 19.6. The largest absolute Gasteiger partial charge is 0.372 e. The van der Waals surface area contributed by atoms with Crippen LogP contribution >= 0.6 is 0 Å². The number of benzene rings is 2. The van der Waals surface area contributed by atoms with Crippen LogP contribution in [0.2, 0.25) is 0 Å². The van der Waals surface area contributed by atoms with E-state index in [1.807, 2.05) is 6.07 Å². The zero-order valence-corrected chi connectivity index (χ0v) is 18.3. The molecule has 2 fully saturated rings. The zero-order valence-electron chi connectivity index (χ0n) is 18.3. The van der Waals surface area contributed by atoms with Gasteiger partial charge in [0.1, 0.15) is 5.78 Å². The van der Waals surface area contributed by atoms with Crippen molar-refractivity contribution in [2.75, 3.05) is 31.1 Å². The maximum Gasteiger partial charge on any atom is 0.133 e. The number of anilines is 1. The summed E-state index contributed by atoms with van der Waals surface area (Å²) in [6.07, 6.45) is 8.72. The molecule has 160 valence electrons. The average molecular weight is 405 g/mol. The van der Waals surface area contributed by atoms with E-state index < -0.39 is 0 Å². The van der Waals surface area contributed by atoms with Crippen LogP contribution in [-0.2, 0) is 17.8 Å². The predicted octanol–water partition coefficient (Wildman–Crippen LogP) is 5.48. The number of piperidine rings is 2. The fraction of sp³-hybridized carbons (Fsp3) is 0.519. The van der Waals surface area contributed by atoms with Crippen LogP contribution in [0.3, 0.4) is 0 Å². The SMILES string of the molecule is O=C(CCc1ccccc1)CC1CCCN(Cc2ccc(N3CCCCC3)cc2)C1. The van der Waals surface area contributed by atoms with Gasteiger partial charge in [0.2, 0.25) is 0 Å². The van der Waals surface area contributed by atoms with Crippen molar-refractivity contribution in [3.05, 3.63) is 65.7 Å². The molecule has 4 rings (SSSR count). The average Bonchev–Trinajstić information content (AvgIpc) is 2.80. The number of hydrogen-bond donors (Lipinski definition) is 0. The van der Waals surface area contributed by atoms with E-state index in [0.29, 0.717) is 18.1 Å². The summed E-state index contributed by atoms with van der Waals surface area (Å²) in [5, 5.41) is 0. The first-order valence-corrected chi connectivity index (χ1v) is 11.9. The first kappa shape index (κ1) is 21.1. The van der Waals surface area contributed by atoms with Crippen LogP contribution in [0.4, 0.5) is 5.69 Å². The molecule has 0 spiro atoms. The molecule has 2 aromatic carbocycles. The standard InChI is InChI=1S/C27H36N2O/c30-27(16-13-23-8-3-1-4-9-23)20-25-10-7-17-28(22-25)21-24-11-14-26(15-12-24)29-18-5-2-6-19-29/h1,3-4,8-9,11-12,14-15,25H,2,5-7,10,13,16-22H2. The fourth-order valence-electron chi connectivity index (χ4n) is 5.04. The van der Waals surface area contributed by atoms with Gasteiger partial charge < -0.3 is 4.90 Å². The van der Waals surface area contributed by atoms with Crippen molar-refractivity contribution in [1.29, 1.82) is 0 Å². The topological polar surface area (TPSA) is 23.6 Å². The number of carbonyl (C=O) groups is 1. The molecule has 2 saturated heterocycles. The summed E-state index contributed by atoms with van der Waals surface area (Å²) in [5.41, 5.74) is 4.04. The van der Waals surface area contributed by atoms with Gasteiger partial charge in [-0.25, -0.2) is 0 Å². The third-order valence-electron chi connectivity index (χ3n) is 6.72. The molecule has 0 radical (unpaired) electrons. The van der Waals surface area contributed by atoms with E-state index in [-0.39, 0.29) is 0 Å². The quantitative estimate of drug-likeness (QED) is 0.582. The number of carbonyl (C=O) groups excluding carboxylic acids is 1. The van der Waals surface area contributed by atoms with E-state index in [0.717, 1.165) is 32.5 Å².